The van der Waals surface area contributed by atoms with E-state index >= 15 is 0 Å². The Morgan fingerprint density at radius 1 is 1.07 bits per heavy atom. The van der Waals surface area contributed by atoms with Crippen LogP contribution >= 0.6 is 0 Å². The van der Waals surface area contributed by atoms with Crippen LogP contribution in [0.5, 0.6) is 0 Å². The normalized spacial score (nSPS) is 15.5. The first-order chi connectivity index (χ1) is 6.61. The molecule has 0 N–H and O–H groups in total. The fourth-order valence-corrected chi connectivity index (χ4v) is 2.39. The first-order valence-electron chi connectivity index (χ1n) is 5.24. The number of carbonyl (C=O) groups excluding carboxylic acids is 1. The predicted octanol–water partition coefficient (Wildman–Crippen LogP) is 3.13. The van der Waals surface area contributed by atoms with Crippen LogP contribution in [0.4, 0.5) is 0 Å². The Morgan fingerprint density at radius 2 is 1.79 bits per heavy atom. The molecule has 0 unspecified atom stereocenters. The second-order valence-corrected chi connectivity index (χ2v) is 4.27. The largest absolute Gasteiger partial charge is 0.294 e. The van der Waals surface area contributed by atoms with Crippen LogP contribution < -0.4 is 0 Å². The molecule has 1 aromatic rings. The molecule has 74 valence electrons. The van der Waals surface area contributed by atoms with Crippen molar-refractivity contribution < 1.29 is 4.79 Å². The average molecular weight is 188 g/mol. The van der Waals surface area contributed by atoms with Gasteiger partial charge in [0.25, 0.3) is 0 Å². The van der Waals surface area contributed by atoms with E-state index < -0.39 is 0 Å². The maximum Gasteiger partial charge on any atom is 0.163 e. The lowest BCUT2D eigenvalue weighted by atomic mass is 9.83. The van der Waals surface area contributed by atoms with Crippen LogP contribution in [0.3, 0.4) is 0 Å². The first kappa shape index (κ1) is 9.45. The van der Waals surface area contributed by atoms with Gasteiger partial charge >= 0.3 is 0 Å². The van der Waals surface area contributed by atoms with Crippen molar-refractivity contribution >= 4 is 5.78 Å². The van der Waals surface area contributed by atoms with Gasteiger partial charge in [0.2, 0.25) is 0 Å². The molecule has 0 saturated carbocycles. The fraction of sp³-hybridized carbons (Fsp3) is 0.462. The van der Waals surface area contributed by atoms with Crippen molar-refractivity contribution in [2.75, 3.05) is 0 Å². The molecule has 0 aromatic heterocycles. The summed E-state index contributed by atoms with van der Waals surface area (Å²) in [7, 11) is 0. The van der Waals surface area contributed by atoms with Crippen LogP contribution in [-0.2, 0) is 6.42 Å². The molecular weight excluding hydrogens is 172 g/mol. The number of ketones is 1. The summed E-state index contributed by atoms with van der Waals surface area (Å²) in [5.74, 6) is 0.343. The second kappa shape index (κ2) is 3.23. The molecule has 2 rings (SSSR count). The van der Waals surface area contributed by atoms with Crippen molar-refractivity contribution in [3.63, 3.8) is 0 Å². The molecule has 1 nitrogen and oxygen atoms in total. The van der Waals surface area contributed by atoms with Gasteiger partial charge in [-0.25, -0.2) is 0 Å². The Hall–Kier alpha value is -1.11. The van der Waals surface area contributed by atoms with E-state index in [0.717, 1.165) is 24.8 Å². The summed E-state index contributed by atoms with van der Waals surface area (Å²) in [5.41, 5.74) is 6.04. The summed E-state index contributed by atoms with van der Waals surface area (Å²) in [6.07, 6.45) is 2.83. The first-order valence-corrected chi connectivity index (χ1v) is 5.24. The molecule has 1 aliphatic rings. The molecule has 0 bridgehead atoms. The van der Waals surface area contributed by atoms with E-state index in [-0.39, 0.29) is 0 Å². The topological polar surface area (TPSA) is 17.1 Å². The third-order valence-electron chi connectivity index (χ3n) is 3.29. The molecule has 1 heteroatoms. The third-order valence-corrected chi connectivity index (χ3v) is 3.29. The molecule has 0 aliphatic heterocycles. The van der Waals surface area contributed by atoms with Crippen LogP contribution in [-0.4, -0.2) is 5.78 Å². The van der Waals surface area contributed by atoms with Gasteiger partial charge in [0, 0.05) is 12.0 Å². The number of benzene rings is 1. The van der Waals surface area contributed by atoms with Crippen LogP contribution in [0.15, 0.2) is 6.07 Å². The lowest BCUT2D eigenvalue weighted by molar-refractivity contribution is 0.0971. The molecule has 14 heavy (non-hydrogen) atoms. The number of hydrogen-bond acceptors (Lipinski definition) is 1. The zero-order chi connectivity index (χ0) is 10.3. The standard InChI is InChI=1S/C13H16O/c1-8-7-9(2)11-5-4-6-12(14)13(11)10(8)3/h7H,4-6H2,1-3H3. The molecule has 0 spiro atoms. The number of hydrogen-bond donors (Lipinski definition) is 0. The smallest absolute Gasteiger partial charge is 0.163 e. The summed E-state index contributed by atoms with van der Waals surface area (Å²) in [6, 6.07) is 2.20. The van der Waals surface area contributed by atoms with Crippen molar-refractivity contribution in [1.29, 1.82) is 0 Å². The molecule has 0 fully saturated rings. The Balaban J connectivity index is 2.73. The van der Waals surface area contributed by atoms with Gasteiger partial charge in [0.15, 0.2) is 5.78 Å². The summed E-state index contributed by atoms with van der Waals surface area (Å²) < 4.78 is 0. The lowest BCUT2D eigenvalue weighted by Crippen LogP contribution is -2.15. The van der Waals surface area contributed by atoms with Crippen molar-refractivity contribution in [3.8, 4) is 0 Å². The van der Waals surface area contributed by atoms with E-state index in [1.54, 1.807) is 0 Å². The van der Waals surface area contributed by atoms with E-state index in [0.29, 0.717) is 5.78 Å². The molecule has 0 heterocycles. The van der Waals surface area contributed by atoms with Gasteiger partial charge in [0.1, 0.15) is 0 Å². The maximum atomic E-state index is 11.8. The third kappa shape index (κ3) is 1.28. The van der Waals surface area contributed by atoms with Crippen molar-refractivity contribution in [1.82, 2.24) is 0 Å². The minimum Gasteiger partial charge on any atom is -0.294 e. The quantitative estimate of drug-likeness (QED) is 0.611. The highest BCUT2D eigenvalue weighted by Crippen LogP contribution is 2.29. The lowest BCUT2D eigenvalue weighted by Gasteiger charge is -2.20. The van der Waals surface area contributed by atoms with Gasteiger partial charge in [0.05, 0.1) is 0 Å². The van der Waals surface area contributed by atoms with Crippen LogP contribution in [0.2, 0.25) is 0 Å². The summed E-state index contributed by atoms with van der Waals surface area (Å²) in [5, 5.41) is 0. The second-order valence-electron chi connectivity index (χ2n) is 4.27. The number of rotatable bonds is 0. The molecular formula is C13H16O. The van der Waals surface area contributed by atoms with E-state index in [2.05, 4.69) is 26.8 Å². The van der Waals surface area contributed by atoms with Gasteiger partial charge in [-0.15, -0.1) is 0 Å². The van der Waals surface area contributed by atoms with Crippen LogP contribution in [0, 0.1) is 20.8 Å². The number of fused-ring (bicyclic) bond motifs is 1. The molecule has 0 atom stereocenters. The van der Waals surface area contributed by atoms with E-state index in [9.17, 15) is 4.79 Å². The van der Waals surface area contributed by atoms with E-state index in [4.69, 9.17) is 0 Å². The molecule has 0 amide bonds. The Morgan fingerprint density at radius 3 is 2.50 bits per heavy atom. The molecule has 1 aliphatic carbocycles. The summed E-state index contributed by atoms with van der Waals surface area (Å²) in [6.45, 7) is 6.27. The van der Waals surface area contributed by atoms with E-state index in [1.165, 1.54) is 22.3 Å². The van der Waals surface area contributed by atoms with Crippen LogP contribution in [0.25, 0.3) is 0 Å². The van der Waals surface area contributed by atoms with Crippen molar-refractivity contribution in [3.05, 3.63) is 33.9 Å². The highest BCUT2D eigenvalue weighted by atomic mass is 16.1. The molecule has 1 aromatic carbocycles. The highest BCUT2D eigenvalue weighted by molar-refractivity contribution is 6.00. The maximum absolute atomic E-state index is 11.8. The van der Waals surface area contributed by atoms with Gasteiger partial charge in [-0.05, 0) is 55.9 Å². The SMILES string of the molecule is Cc1cc(C)c2c(c1C)C(=O)CCC2. The summed E-state index contributed by atoms with van der Waals surface area (Å²) in [4.78, 5) is 11.8. The average Bonchev–Trinajstić information content (AvgIpc) is 2.14. The Labute approximate surface area is 85.1 Å². The highest BCUT2D eigenvalue weighted by Gasteiger charge is 2.21. The van der Waals surface area contributed by atoms with Gasteiger partial charge in [-0.3, -0.25) is 4.79 Å². The predicted molar refractivity (Wildman–Crippen MR) is 57.9 cm³/mol. The zero-order valence-electron chi connectivity index (χ0n) is 9.11. The van der Waals surface area contributed by atoms with Gasteiger partial charge in [-0.2, -0.15) is 0 Å². The van der Waals surface area contributed by atoms with Gasteiger partial charge in [-0.1, -0.05) is 6.07 Å². The van der Waals surface area contributed by atoms with Crippen molar-refractivity contribution in [2.45, 2.75) is 40.0 Å². The van der Waals surface area contributed by atoms with Gasteiger partial charge < -0.3 is 0 Å². The monoisotopic (exact) mass is 188 g/mol. The number of aryl methyl sites for hydroxylation is 2. The minimum atomic E-state index is 0.343. The number of Topliss-reactive ketones (excluding diaryl/α,β-unsaturated/α-hetero) is 1. The van der Waals surface area contributed by atoms with E-state index in [1.807, 2.05) is 0 Å². The van der Waals surface area contributed by atoms with Crippen LogP contribution in [0.1, 0.15) is 45.5 Å². The Kier molecular flexibility index (Phi) is 2.18. The fourth-order valence-electron chi connectivity index (χ4n) is 2.39. The number of carbonyl (C=O) groups is 1. The zero-order valence-corrected chi connectivity index (χ0v) is 9.11. The Bertz CT molecular complexity index is 402. The minimum absolute atomic E-state index is 0.343. The molecule has 0 radical (unpaired) electrons. The summed E-state index contributed by atoms with van der Waals surface area (Å²) >= 11 is 0. The van der Waals surface area contributed by atoms with Crippen molar-refractivity contribution in [2.24, 2.45) is 0 Å². The molecule has 0 saturated heterocycles.